The van der Waals surface area contributed by atoms with Crippen LogP contribution in [0.1, 0.15) is 85.8 Å². The quantitative estimate of drug-likeness (QED) is 0.520. The van der Waals surface area contributed by atoms with E-state index in [0.29, 0.717) is 6.04 Å². The van der Waals surface area contributed by atoms with Crippen molar-refractivity contribution in [3.8, 4) is 0 Å². The molecule has 2 atom stereocenters. The second-order valence-electron chi connectivity index (χ2n) is 11.3. The molecule has 2 aromatic rings. The Kier molecular flexibility index (Phi) is 8.06. The number of rotatable bonds is 7. The summed E-state index contributed by atoms with van der Waals surface area (Å²) in [5, 5.41) is 6.91. The van der Waals surface area contributed by atoms with Gasteiger partial charge in [-0.25, -0.2) is 4.98 Å². The highest BCUT2D eigenvalue weighted by Crippen LogP contribution is 2.34. The Morgan fingerprint density at radius 3 is 2.22 bits per heavy atom. The van der Waals surface area contributed by atoms with Gasteiger partial charge in [0, 0.05) is 49.1 Å². The summed E-state index contributed by atoms with van der Waals surface area (Å²) < 4.78 is 0. The van der Waals surface area contributed by atoms with E-state index in [1.54, 1.807) is 0 Å². The van der Waals surface area contributed by atoms with E-state index < -0.39 is 0 Å². The maximum Gasteiger partial charge on any atom is 0.225 e. The smallest absolute Gasteiger partial charge is 0.225 e. The van der Waals surface area contributed by atoms with Gasteiger partial charge < -0.3 is 15.5 Å². The van der Waals surface area contributed by atoms with Crippen LogP contribution in [-0.4, -0.2) is 47.8 Å². The van der Waals surface area contributed by atoms with Crippen LogP contribution in [0.5, 0.6) is 0 Å². The Balaban J connectivity index is 1.16. The number of hydrogen-bond acceptors (Lipinski definition) is 6. The van der Waals surface area contributed by atoms with E-state index in [9.17, 15) is 9.59 Å². The number of nitrogens with zero attached hydrogens (tertiary/aromatic N) is 3. The second-order valence-corrected chi connectivity index (χ2v) is 11.3. The number of amides is 1. The molecule has 7 heteroatoms. The van der Waals surface area contributed by atoms with E-state index in [4.69, 9.17) is 9.97 Å². The number of carbonyl (C=O) groups is 2. The lowest BCUT2D eigenvalue weighted by Gasteiger charge is -2.34. The van der Waals surface area contributed by atoms with E-state index in [2.05, 4.69) is 29.6 Å². The summed E-state index contributed by atoms with van der Waals surface area (Å²) in [5.41, 5.74) is 3.22. The first-order chi connectivity index (χ1) is 18.0. The molecule has 198 valence electrons. The van der Waals surface area contributed by atoms with E-state index in [1.165, 1.54) is 24.1 Å². The van der Waals surface area contributed by atoms with Crippen LogP contribution in [-0.2, 0) is 17.6 Å². The van der Waals surface area contributed by atoms with Crippen LogP contribution in [0, 0.1) is 11.8 Å². The number of aryl methyl sites for hydroxylation is 1. The molecular weight excluding hydrogens is 462 g/mol. The zero-order valence-corrected chi connectivity index (χ0v) is 22.3. The van der Waals surface area contributed by atoms with Crippen molar-refractivity contribution in [3.63, 3.8) is 0 Å². The Morgan fingerprint density at radius 2 is 1.49 bits per heavy atom. The SMILES string of the molecule is CN(C)c1nc(N[C@H]2CC[C@@H](NC(=O)C3CCCC[C@H]3C(=O)c3ccccc3)CC2)nc2c1CCCC2. The Labute approximate surface area is 220 Å². The summed E-state index contributed by atoms with van der Waals surface area (Å²) >= 11 is 0. The van der Waals surface area contributed by atoms with Gasteiger partial charge in [0.05, 0.1) is 5.69 Å². The minimum atomic E-state index is -0.217. The number of fused-ring (bicyclic) bond motifs is 1. The molecule has 0 spiro atoms. The molecule has 0 radical (unpaired) electrons. The summed E-state index contributed by atoms with van der Waals surface area (Å²) in [5.74, 6) is 1.54. The molecule has 37 heavy (non-hydrogen) atoms. The lowest BCUT2D eigenvalue weighted by Crippen LogP contribution is -2.46. The van der Waals surface area contributed by atoms with Gasteiger partial charge in [-0.15, -0.1) is 0 Å². The third-order valence-corrected chi connectivity index (χ3v) is 8.49. The van der Waals surface area contributed by atoms with Crippen LogP contribution in [0.25, 0.3) is 0 Å². The van der Waals surface area contributed by atoms with Crippen LogP contribution in [0.2, 0.25) is 0 Å². The van der Waals surface area contributed by atoms with Gasteiger partial charge in [0.15, 0.2) is 5.78 Å². The standard InChI is InChI=1S/C30H41N5O2/c1-35(2)28-25-14-8-9-15-26(25)33-30(34-28)32-22-18-16-21(17-19-22)31-29(37)24-13-7-6-12-23(24)27(36)20-10-4-3-5-11-20/h3-5,10-11,21-24H,6-9,12-19H2,1-2H3,(H,31,37)(H,32,33,34)/t21-,22+,23-,24?/m1/s1. The fourth-order valence-electron chi connectivity index (χ4n) is 6.46. The number of hydrogen-bond donors (Lipinski definition) is 2. The molecule has 1 aromatic carbocycles. The molecule has 1 amide bonds. The average molecular weight is 504 g/mol. The number of ketones is 1. The first kappa shape index (κ1) is 25.7. The number of aromatic nitrogens is 2. The third kappa shape index (κ3) is 5.97. The monoisotopic (exact) mass is 503 g/mol. The maximum absolute atomic E-state index is 13.3. The zero-order valence-electron chi connectivity index (χ0n) is 22.3. The summed E-state index contributed by atoms with van der Waals surface area (Å²) in [4.78, 5) is 38.3. The van der Waals surface area contributed by atoms with E-state index in [1.807, 2.05) is 30.3 Å². The Morgan fingerprint density at radius 1 is 0.811 bits per heavy atom. The summed E-state index contributed by atoms with van der Waals surface area (Å²) in [7, 11) is 4.11. The van der Waals surface area contributed by atoms with Crippen LogP contribution in [0.4, 0.5) is 11.8 Å². The fraction of sp³-hybridized carbons (Fsp3) is 0.600. The second kappa shape index (κ2) is 11.6. The van der Waals surface area contributed by atoms with Gasteiger partial charge >= 0.3 is 0 Å². The molecule has 3 aliphatic rings. The number of carbonyl (C=O) groups excluding carboxylic acids is 2. The molecule has 5 rings (SSSR count). The highest BCUT2D eigenvalue weighted by atomic mass is 16.2. The first-order valence-corrected chi connectivity index (χ1v) is 14.2. The van der Waals surface area contributed by atoms with Gasteiger partial charge in [-0.3, -0.25) is 9.59 Å². The lowest BCUT2D eigenvalue weighted by molar-refractivity contribution is -0.128. The number of benzene rings is 1. The van der Waals surface area contributed by atoms with Gasteiger partial charge in [0.1, 0.15) is 5.82 Å². The minimum Gasteiger partial charge on any atom is -0.362 e. The van der Waals surface area contributed by atoms with Crippen molar-refractivity contribution < 1.29 is 9.59 Å². The minimum absolute atomic E-state index is 0.0686. The van der Waals surface area contributed by atoms with Crippen molar-refractivity contribution in [2.45, 2.75) is 89.1 Å². The van der Waals surface area contributed by atoms with E-state index in [0.717, 1.165) is 81.5 Å². The van der Waals surface area contributed by atoms with Crippen LogP contribution >= 0.6 is 0 Å². The highest BCUT2D eigenvalue weighted by molar-refractivity contribution is 6.00. The van der Waals surface area contributed by atoms with E-state index in [-0.39, 0.29) is 29.6 Å². The van der Waals surface area contributed by atoms with Crippen molar-refractivity contribution in [2.75, 3.05) is 24.3 Å². The third-order valence-electron chi connectivity index (χ3n) is 8.49. The molecule has 1 heterocycles. The Hall–Kier alpha value is -2.96. The predicted octanol–water partition coefficient (Wildman–Crippen LogP) is 4.95. The fourth-order valence-corrected chi connectivity index (χ4v) is 6.46. The largest absolute Gasteiger partial charge is 0.362 e. The summed E-state index contributed by atoms with van der Waals surface area (Å²) in [6.07, 6.45) is 11.9. The van der Waals surface area contributed by atoms with Crippen molar-refractivity contribution in [2.24, 2.45) is 11.8 Å². The predicted molar refractivity (Wildman–Crippen MR) is 147 cm³/mol. The molecule has 0 saturated heterocycles. The molecule has 2 N–H and O–H groups in total. The summed E-state index contributed by atoms with van der Waals surface area (Å²) in [6.45, 7) is 0. The van der Waals surface area contributed by atoms with Gasteiger partial charge in [-0.1, -0.05) is 43.2 Å². The molecule has 0 bridgehead atoms. The zero-order chi connectivity index (χ0) is 25.8. The van der Waals surface area contributed by atoms with Gasteiger partial charge in [-0.05, 0) is 64.2 Å². The van der Waals surface area contributed by atoms with Crippen molar-refractivity contribution in [1.29, 1.82) is 0 Å². The topological polar surface area (TPSA) is 87.2 Å². The van der Waals surface area contributed by atoms with Gasteiger partial charge in [0.25, 0.3) is 0 Å². The molecular formula is C30H41N5O2. The molecule has 1 aromatic heterocycles. The first-order valence-electron chi connectivity index (χ1n) is 14.2. The van der Waals surface area contributed by atoms with Crippen LogP contribution in [0.15, 0.2) is 30.3 Å². The lowest BCUT2D eigenvalue weighted by atomic mass is 9.74. The number of Topliss-reactive ketones (excluding diaryl/α,β-unsaturated/α-hetero) is 1. The van der Waals surface area contributed by atoms with Crippen molar-refractivity contribution >= 4 is 23.5 Å². The molecule has 7 nitrogen and oxygen atoms in total. The molecule has 2 saturated carbocycles. The molecule has 3 aliphatic carbocycles. The maximum atomic E-state index is 13.3. The summed E-state index contributed by atoms with van der Waals surface area (Å²) in [6, 6.07) is 9.93. The number of anilines is 2. The van der Waals surface area contributed by atoms with Crippen molar-refractivity contribution in [3.05, 3.63) is 47.2 Å². The van der Waals surface area contributed by atoms with E-state index >= 15 is 0 Å². The van der Waals surface area contributed by atoms with Gasteiger partial charge in [-0.2, -0.15) is 4.98 Å². The molecule has 1 unspecified atom stereocenters. The normalized spacial score (nSPS) is 25.6. The molecule has 2 fully saturated rings. The molecule has 0 aliphatic heterocycles. The average Bonchev–Trinajstić information content (AvgIpc) is 2.93. The van der Waals surface area contributed by atoms with Crippen LogP contribution in [0.3, 0.4) is 0 Å². The Bertz CT molecular complexity index is 1090. The highest BCUT2D eigenvalue weighted by Gasteiger charge is 2.37. The van der Waals surface area contributed by atoms with Gasteiger partial charge in [0.2, 0.25) is 11.9 Å². The van der Waals surface area contributed by atoms with Crippen molar-refractivity contribution in [1.82, 2.24) is 15.3 Å². The van der Waals surface area contributed by atoms with Crippen LogP contribution < -0.4 is 15.5 Å². The number of nitrogens with one attached hydrogen (secondary N) is 2.